The van der Waals surface area contributed by atoms with Gasteiger partial charge in [0.25, 0.3) is 0 Å². The normalized spacial score (nSPS) is 12.0. The van der Waals surface area contributed by atoms with E-state index in [-0.39, 0.29) is 5.82 Å². The number of alkyl halides is 1. The van der Waals surface area contributed by atoms with Crippen LogP contribution in [0.25, 0.3) is 0 Å². The van der Waals surface area contributed by atoms with Crippen molar-refractivity contribution in [2.24, 2.45) is 7.05 Å². The van der Waals surface area contributed by atoms with Gasteiger partial charge in [-0.25, -0.2) is 9.37 Å². The third-order valence-electron chi connectivity index (χ3n) is 1.33. The molecule has 0 radical (unpaired) electrons. The van der Waals surface area contributed by atoms with E-state index < -0.39 is 5.67 Å². The van der Waals surface area contributed by atoms with Gasteiger partial charge in [0.05, 0.1) is 0 Å². The van der Waals surface area contributed by atoms with E-state index in [0.717, 1.165) is 0 Å². The smallest absolute Gasteiger partial charge is 0.215 e. The Morgan fingerprint density at radius 1 is 1.64 bits per heavy atom. The van der Waals surface area contributed by atoms with E-state index in [1.807, 2.05) is 0 Å². The summed E-state index contributed by atoms with van der Waals surface area (Å²) in [6.45, 7) is 2.86. The van der Waals surface area contributed by atoms with Crippen LogP contribution in [0.4, 0.5) is 4.39 Å². The van der Waals surface area contributed by atoms with Crippen molar-refractivity contribution in [2.75, 3.05) is 0 Å². The summed E-state index contributed by atoms with van der Waals surface area (Å²) in [6.07, 6.45) is 0. The second-order valence-corrected chi connectivity index (χ2v) is 3.25. The van der Waals surface area contributed by atoms with Gasteiger partial charge in [-0.05, 0) is 26.1 Å². The molecule has 1 aromatic heterocycles. The first kappa shape index (κ1) is 8.39. The second kappa shape index (κ2) is 2.41. The number of aryl methyl sites for hydroxylation is 1. The summed E-state index contributed by atoms with van der Waals surface area (Å²) in [4.78, 5) is 3.83. The van der Waals surface area contributed by atoms with Gasteiger partial charge >= 0.3 is 0 Å². The summed E-state index contributed by atoms with van der Waals surface area (Å²) >= 11 is 4.80. The molecule has 0 bridgehead atoms. The molecule has 11 heavy (non-hydrogen) atoms. The van der Waals surface area contributed by atoms with E-state index in [0.29, 0.717) is 4.77 Å². The molecule has 0 amide bonds. The van der Waals surface area contributed by atoms with Gasteiger partial charge in [-0.15, -0.1) is 0 Å². The number of aromatic nitrogens is 3. The van der Waals surface area contributed by atoms with Crippen LogP contribution in [0.3, 0.4) is 0 Å². The standard InChI is InChI=1S/C6H10FN3S/c1-6(2,7)4-8-5(11)10(3)9-4/h1-3H3,(H,8,9,11). The first-order valence-electron chi connectivity index (χ1n) is 3.23. The van der Waals surface area contributed by atoms with Gasteiger partial charge in [0.2, 0.25) is 4.77 Å². The maximum absolute atomic E-state index is 13.2. The van der Waals surface area contributed by atoms with E-state index in [1.54, 1.807) is 7.05 Å². The highest BCUT2D eigenvalue weighted by Gasteiger charge is 2.22. The molecule has 0 aliphatic carbocycles. The fourth-order valence-electron chi connectivity index (χ4n) is 0.668. The first-order valence-corrected chi connectivity index (χ1v) is 3.64. The predicted octanol–water partition coefficient (Wildman–Crippen LogP) is 1.68. The van der Waals surface area contributed by atoms with Gasteiger partial charge in [-0.1, -0.05) is 0 Å². The number of nitrogens with one attached hydrogen (secondary N) is 1. The van der Waals surface area contributed by atoms with Crippen LogP contribution in [0.1, 0.15) is 19.7 Å². The van der Waals surface area contributed by atoms with E-state index in [1.165, 1.54) is 18.5 Å². The molecule has 0 saturated heterocycles. The molecule has 0 fully saturated rings. The van der Waals surface area contributed by atoms with Crippen molar-refractivity contribution in [3.8, 4) is 0 Å². The lowest BCUT2D eigenvalue weighted by atomic mass is 10.2. The van der Waals surface area contributed by atoms with Crippen LogP contribution in [-0.2, 0) is 12.7 Å². The Morgan fingerprint density at radius 3 is 2.36 bits per heavy atom. The lowest BCUT2D eigenvalue weighted by Gasteiger charge is -2.08. The quantitative estimate of drug-likeness (QED) is 0.659. The van der Waals surface area contributed by atoms with Crippen LogP contribution in [0.5, 0.6) is 0 Å². The number of hydrogen-bond acceptors (Lipinski definition) is 2. The highest BCUT2D eigenvalue weighted by atomic mass is 32.1. The highest BCUT2D eigenvalue weighted by Crippen LogP contribution is 2.19. The van der Waals surface area contributed by atoms with Crippen molar-refractivity contribution in [3.63, 3.8) is 0 Å². The first-order chi connectivity index (χ1) is 4.91. The van der Waals surface area contributed by atoms with E-state index in [4.69, 9.17) is 12.2 Å². The molecule has 1 rings (SSSR count). The zero-order chi connectivity index (χ0) is 8.65. The molecule has 5 heteroatoms. The summed E-state index contributed by atoms with van der Waals surface area (Å²) in [5.41, 5.74) is -1.45. The van der Waals surface area contributed by atoms with Crippen LogP contribution in [0.2, 0.25) is 0 Å². The number of nitrogens with zero attached hydrogens (tertiary/aromatic N) is 2. The predicted molar refractivity (Wildman–Crippen MR) is 42.5 cm³/mol. The van der Waals surface area contributed by atoms with Gasteiger partial charge < -0.3 is 0 Å². The summed E-state index contributed by atoms with van der Waals surface area (Å²) in [5.74, 6) is 0.269. The second-order valence-electron chi connectivity index (χ2n) is 2.89. The number of H-pyrrole nitrogens is 1. The molecule has 0 aliphatic heterocycles. The molecular weight excluding hydrogens is 165 g/mol. The number of rotatable bonds is 1. The summed E-state index contributed by atoms with van der Waals surface area (Å²) < 4.78 is 15.0. The molecule has 1 N–H and O–H groups in total. The van der Waals surface area contributed by atoms with E-state index in [2.05, 4.69) is 10.1 Å². The molecule has 1 aromatic rings. The average Bonchev–Trinajstić information content (AvgIpc) is 2.11. The number of hydrogen-bond donors (Lipinski definition) is 1. The summed E-state index contributed by atoms with van der Waals surface area (Å²) in [5, 5.41) is 2.71. The largest absolute Gasteiger partial charge is 0.281 e. The zero-order valence-corrected chi connectivity index (χ0v) is 7.50. The van der Waals surface area contributed by atoms with Crippen molar-refractivity contribution in [2.45, 2.75) is 19.5 Å². The Bertz CT molecular complexity index is 306. The minimum absolute atomic E-state index is 0.269. The maximum Gasteiger partial charge on any atom is 0.215 e. The summed E-state index contributed by atoms with van der Waals surface area (Å²) in [6, 6.07) is 0. The molecular formula is C6H10FN3S. The van der Waals surface area contributed by atoms with Crippen molar-refractivity contribution in [1.82, 2.24) is 14.8 Å². The Kier molecular flexibility index (Phi) is 1.83. The third-order valence-corrected chi connectivity index (χ3v) is 1.70. The Balaban J connectivity index is 3.18. The van der Waals surface area contributed by atoms with Crippen molar-refractivity contribution in [1.29, 1.82) is 0 Å². The van der Waals surface area contributed by atoms with Gasteiger partial charge in [0.15, 0.2) is 11.5 Å². The van der Waals surface area contributed by atoms with Crippen LogP contribution in [0.15, 0.2) is 0 Å². The van der Waals surface area contributed by atoms with E-state index in [9.17, 15) is 4.39 Å². The van der Waals surface area contributed by atoms with Crippen molar-refractivity contribution >= 4 is 12.2 Å². The molecule has 0 spiro atoms. The van der Waals surface area contributed by atoms with Crippen LogP contribution >= 0.6 is 12.2 Å². The van der Waals surface area contributed by atoms with Crippen LogP contribution < -0.4 is 0 Å². The average molecular weight is 175 g/mol. The topological polar surface area (TPSA) is 33.6 Å². The monoisotopic (exact) mass is 175 g/mol. The van der Waals surface area contributed by atoms with Gasteiger partial charge in [0, 0.05) is 7.05 Å². The summed E-state index contributed by atoms with van der Waals surface area (Å²) in [7, 11) is 1.70. The fraction of sp³-hybridized carbons (Fsp3) is 0.667. The highest BCUT2D eigenvalue weighted by molar-refractivity contribution is 7.71. The van der Waals surface area contributed by atoms with Gasteiger partial charge in [0.1, 0.15) is 0 Å². The molecule has 62 valence electrons. The number of halogens is 1. The van der Waals surface area contributed by atoms with Crippen LogP contribution in [-0.4, -0.2) is 14.8 Å². The van der Waals surface area contributed by atoms with Gasteiger partial charge in [-0.3, -0.25) is 9.78 Å². The molecule has 1 heterocycles. The molecule has 0 aliphatic rings. The molecule has 0 unspecified atom stereocenters. The molecule has 3 nitrogen and oxygen atoms in total. The van der Waals surface area contributed by atoms with Crippen LogP contribution in [0, 0.1) is 4.77 Å². The molecule has 0 saturated carbocycles. The lowest BCUT2D eigenvalue weighted by Crippen LogP contribution is -2.11. The minimum atomic E-state index is -1.45. The minimum Gasteiger partial charge on any atom is -0.281 e. The Labute approximate surface area is 69.2 Å². The SMILES string of the molecule is Cn1[nH]c(C(C)(C)F)nc1=S. The van der Waals surface area contributed by atoms with Crippen molar-refractivity contribution in [3.05, 3.63) is 10.6 Å². The van der Waals surface area contributed by atoms with Gasteiger partial charge in [-0.2, -0.15) is 0 Å². The molecule has 0 aromatic carbocycles. The van der Waals surface area contributed by atoms with E-state index >= 15 is 0 Å². The Morgan fingerprint density at radius 2 is 2.18 bits per heavy atom. The van der Waals surface area contributed by atoms with Crippen molar-refractivity contribution < 1.29 is 4.39 Å². The molecule has 0 atom stereocenters. The number of aromatic amines is 1. The maximum atomic E-state index is 13.2. The lowest BCUT2D eigenvalue weighted by molar-refractivity contribution is 0.206. The zero-order valence-electron chi connectivity index (χ0n) is 6.68. The third kappa shape index (κ3) is 1.65. The fourth-order valence-corrected chi connectivity index (χ4v) is 0.805. The Hall–Kier alpha value is -0.710.